The van der Waals surface area contributed by atoms with Crippen molar-refractivity contribution in [1.82, 2.24) is 5.32 Å². The SMILES string of the molecule is CC(C(=O)NC1CCCC1)N(C)c1ccc(C(N)=S)cc1. The van der Waals surface area contributed by atoms with Crippen LogP contribution in [-0.2, 0) is 4.79 Å². The van der Waals surface area contributed by atoms with Crippen LogP contribution < -0.4 is 16.0 Å². The number of nitrogens with zero attached hydrogens (tertiary/aromatic N) is 1. The molecule has 1 amide bonds. The Morgan fingerprint density at radius 1 is 1.33 bits per heavy atom. The molecular formula is C16H23N3OS. The molecule has 0 bridgehead atoms. The summed E-state index contributed by atoms with van der Waals surface area (Å²) in [6.07, 6.45) is 4.64. The van der Waals surface area contributed by atoms with Crippen LogP contribution in [0, 0.1) is 0 Å². The fraction of sp³-hybridized carbons (Fsp3) is 0.500. The number of benzene rings is 1. The zero-order valence-corrected chi connectivity index (χ0v) is 13.5. The molecule has 5 heteroatoms. The Morgan fingerprint density at radius 3 is 2.43 bits per heavy atom. The number of rotatable bonds is 5. The molecule has 0 aliphatic heterocycles. The van der Waals surface area contributed by atoms with Crippen LogP contribution in [0.2, 0.25) is 0 Å². The van der Waals surface area contributed by atoms with E-state index in [2.05, 4.69) is 5.32 Å². The van der Waals surface area contributed by atoms with Gasteiger partial charge in [-0.1, -0.05) is 25.1 Å². The van der Waals surface area contributed by atoms with E-state index in [0.29, 0.717) is 11.0 Å². The molecule has 1 fully saturated rings. The number of nitrogens with one attached hydrogen (secondary N) is 1. The van der Waals surface area contributed by atoms with Gasteiger partial charge in [-0.05, 0) is 44.0 Å². The van der Waals surface area contributed by atoms with Gasteiger partial charge in [0.25, 0.3) is 0 Å². The predicted octanol–water partition coefficient (Wildman–Crippen LogP) is 2.20. The highest BCUT2D eigenvalue weighted by atomic mass is 32.1. The average Bonchev–Trinajstić information content (AvgIpc) is 2.98. The standard InChI is InChI=1S/C16H23N3OS/c1-11(16(20)18-13-5-3-4-6-13)19(2)14-9-7-12(8-10-14)15(17)21/h7-11,13H,3-6H2,1-2H3,(H2,17,21)(H,18,20). The molecule has 1 unspecified atom stereocenters. The molecule has 2 rings (SSSR count). The smallest absolute Gasteiger partial charge is 0.242 e. The Bertz CT molecular complexity index is 509. The van der Waals surface area contributed by atoms with Gasteiger partial charge in [0.2, 0.25) is 5.91 Å². The Kier molecular flexibility index (Phi) is 5.17. The van der Waals surface area contributed by atoms with E-state index in [1.54, 1.807) is 0 Å². The zero-order valence-electron chi connectivity index (χ0n) is 12.6. The molecule has 0 heterocycles. The van der Waals surface area contributed by atoms with E-state index in [-0.39, 0.29) is 11.9 Å². The number of carbonyl (C=O) groups excluding carboxylic acids is 1. The van der Waals surface area contributed by atoms with Crippen molar-refractivity contribution in [3.8, 4) is 0 Å². The van der Waals surface area contributed by atoms with Crippen molar-refractivity contribution in [2.24, 2.45) is 5.73 Å². The minimum absolute atomic E-state index is 0.0859. The van der Waals surface area contributed by atoms with Crippen LogP contribution in [-0.4, -0.2) is 30.0 Å². The third-order valence-corrected chi connectivity index (χ3v) is 4.46. The Balaban J connectivity index is 1.98. The molecule has 1 saturated carbocycles. The van der Waals surface area contributed by atoms with Crippen molar-refractivity contribution in [2.45, 2.75) is 44.7 Å². The van der Waals surface area contributed by atoms with Crippen molar-refractivity contribution < 1.29 is 4.79 Å². The Labute approximate surface area is 131 Å². The summed E-state index contributed by atoms with van der Waals surface area (Å²) in [6, 6.07) is 7.79. The number of nitrogens with two attached hydrogens (primary N) is 1. The monoisotopic (exact) mass is 305 g/mol. The molecule has 1 aromatic carbocycles. The third kappa shape index (κ3) is 3.94. The topological polar surface area (TPSA) is 58.4 Å². The molecule has 0 spiro atoms. The first kappa shape index (κ1) is 15.8. The molecule has 0 radical (unpaired) electrons. The van der Waals surface area contributed by atoms with Crippen molar-refractivity contribution in [3.05, 3.63) is 29.8 Å². The van der Waals surface area contributed by atoms with Gasteiger partial charge in [0.1, 0.15) is 11.0 Å². The van der Waals surface area contributed by atoms with E-state index in [1.165, 1.54) is 12.8 Å². The lowest BCUT2D eigenvalue weighted by atomic mass is 10.1. The highest BCUT2D eigenvalue weighted by molar-refractivity contribution is 7.80. The summed E-state index contributed by atoms with van der Waals surface area (Å²) < 4.78 is 0. The Hall–Kier alpha value is -1.62. The summed E-state index contributed by atoms with van der Waals surface area (Å²) in [5.74, 6) is 0.0859. The quantitative estimate of drug-likeness (QED) is 0.819. The van der Waals surface area contributed by atoms with Gasteiger partial charge in [-0.3, -0.25) is 4.79 Å². The second-order valence-electron chi connectivity index (χ2n) is 5.69. The van der Waals surface area contributed by atoms with Crippen LogP contribution in [0.5, 0.6) is 0 Å². The highest BCUT2D eigenvalue weighted by Gasteiger charge is 2.23. The second kappa shape index (κ2) is 6.89. The van der Waals surface area contributed by atoms with E-state index in [4.69, 9.17) is 18.0 Å². The maximum absolute atomic E-state index is 12.3. The van der Waals surface area contributed by atoms with Crippen molar-refractivity contribution in [3.63, 3.8) is 0 Å². The van der Waals surface area contributed by atoms with Crippen LogP contribution in [0.4, 0.5) is 5.69 Å². The molecule has 1 aromatic rings. The van der Waals surface area contributed by atoms with Gasteiger partial charge in [-0.25, -0.2) is 0 Å². The third-order valence-electron chi connectivity index (χ3n) is 4.22. The van der Waals surface area contributed by atoms with E-state index in [9.17, 15) is 4.79 Å². The summed E-state index contributed by atoms with van der Waals surface area (Å²) in [5, 5.41) is 3.14. The summed E-state index contributed by atoms with van der Waals surface area (Å²) in [6.45, 7) is 1.92. The van der Waals surface area contributed by atoms with Crippen LogP contribution in [0.15, 0.2) is 24.3 Å². The van der Waals surface area contributed by atoms with Crippen LogP contribution >= 0.6 is 12.2 Å². The lowest BCUT2D eigenvalue weighted by Gasteiger charge is -2.27. The normalized spacial score (nSPS) is 16.5. The molecular weight excluding hydrogens is 282 g/mol. The lowest BCUT2D eigenvalue weighted by molar-refractivity contribution is -0.122. The molecule has 1 aliphatic rings. The van der Waals surface area contributed by atoms with Gasteiger partial charge in [0, 0.05) is 24.3 Å². The van der Waals surface area contributed by atoms with Crippen molar-refractivity contribution >= 4 is 28.8 Å². The van der Waals surface area contributed by atoms with E-state index < -0.39 is 0 Å². The first-order valence-electron chi connectivity index (χ1n) is 7.42. The maximum Gasteiger partial charge on any atom is 0.242 e. The molecule has 4 nitrogen and oxygen atoms in total. The van der Waals surface area contributed by atoms with Gasteiger partial charge >= 0.3 is 0 Å². The maximum atomic E-state index is 12.3. The van der Waals surface area contributed by atoms with E-state index in [0.717, 1.165) is 24.1 Å². The van der Waals surface area contributed by atoms with Gasteiger partial charge in [0.05, 0.1) is 0 Å². The fourth-order valence-electron chi connectivity index (χ4n) is 2.65. The first-order chi connectivity index (χ1) is 9.99. The summed E-state index contributed by atoms with van der Waals surface area (Å²) in [4.78, 5) is 14.6. The molecule has 21 heavy (non-hydrogen) atoms. The van der Waals surface area contributed by atoms with E-state index >= 15 is 0 Å². The molecule has 1 aliphatic carbocycles. The average molecular weight is 305 g/mol. The molecule has 3 N–H and O–H groups in total. The van der Waals surface area contributed by atoms with Crippen LogP contribution in [0.25, 0.3) is 0 Å². The first-order valence-corrected chi connectivity index (χ1v) is 7.83. The van der Waals surface area contributed by atoms with Crippen LogP contribution in [0.1, 0.15) is 38.2 Å². The zero-order chi connectivity index (χ0) is 15.4. The number of likely N-dealkylation sites (N-methyl/N-ethyl adjacent to an activating group) is 1. The minimum atomic E-state index is -0.207. The number of thiocarbonyl (C=S) groups is 1. The largest absolute Gasteiger partial charge is 0.389 e. The number of hydrogen-bond acceptors (Lipinski definition) is 3. The second-order valence-corrected chi connectivity index (χ2v) is 6.13. The number of carbonyl (C=O) groups is 1. The van der Waals surface area contributed by atoms with Crippen molar-refractivity contribution in [2.75, 3.05) is 11.9 Å². The molecule has 1 atom stereocenters. The minimum Gasteiger partial charge on any atom is -0.389 e. The Morgan fingerprint density at radius 2 is 1.90 bits per heavy atom. The number of hydrogen-bond donors (Lipinski definition) is 2. The van der Waals surface area contributed by atoms with Gasteiger partial charge in [-0.2, -0.15) is 0 Å². The highest BCUT2D eigenvalue weighted by Crippen LogP contribution is 2.19. The van der Waals surface area contributed by atoms with Crippen LogP contribution in [0.3, 0.4) is 0 Å². The molecule has 0 saturated heterocycles. The summed E-state index contributed by atoms with van der Waals surface area (Å²) in [5.41, 5.74) is 7.41. The molecule has 114 valence electrons. The van der Waals surface area contributed by atoms with Gasteiger partial charge in [-0.15, -0.1) is 0 Å². The summed E-state index contributed by atoms with van der Waals surface area (Å²) in [7, 11) is 1.93. The fourth-order valence-corrected chi connectivity index (χ4v) is 2.79. The lowest BCUT2D eigenvalue weighted by Crippen LogP contribution is -2.46. The van der Waals surface area contributed by atoms with Crippen molar-refractivity contribution in [1.29, 1.82) is 0 Å². The number of amides is 1. The summed E-state index contributed by atoms with van der Waals surface area (Å²) >= 11 is 4.94. The van der Waals surface area contributed by atoms with E-state index in [1.807, 2.05) is 43.1 Å². The predicted molar refractivity (Wildman–Crippen MR) is 90.6 cm³/mol. The van der Waals surface area contributed by atoms with Gasteiger partial charge < -0.3 is 16.0 Å². The number of anilines is 1. The van der Waals surface area contributed by atoms with Gasteiger partial charge in [0.15, 0.2) is 0 Å². The molecule has 0 aromatic heterocycles.